The molecule has 1 N–H and O–H groups in total. The van der Waals surface area contributed by atoms with Crippen molar-refractivity contribution in [1.82, 2.24) is 10.3 Å². The number of nitrogens with one attached hydrogen (secondary N) is 1. The van der Waals surface area contributed by atoms with Crippen LogP contribution in [0.25, 0.3) is 0 Å². The summed E-state index contributed by atoms with van der Waals surface area (Å²) < 4.78 is 0. The molecule has 3 unspecified atom stereocenters. The van der Waals surface area contributed by atoms with Crippen molar-refractivity contribution in [3.8, 4) is 0 Å². The molecule has 1 fully saturated rings. The molecular weight excluding hydrogens is 282 g/mol. The first-order valence-corrected chi connectivity index (χ1v) is 8.75. The lowest BCUT2D eigenvalue weighted by molar-refractivity contribution is 0.231. The van der Waals surface area contributed by atoms with E-state index in [-0.39, 0.29) is 16.9 Å². The lowest BCUT2D eigenvalue weighted by atomic mass is 9.67. The molecule has 3 nitrogen and oxygen atoms in total. The van der Waals surface area contributed by atoms with Crippen LogP contribution in [-0.2, 0) is 0 Å². The Labute approximate surface area is 140 Å². The van der Waals surface area contributed by atoms with Gasteiger partial charge in [0.05, 0.1) is 17.1 Å². The number of hydrogen-bond acceptors (Lipinski definition) is 3. The van der Waals surface area contributed by atoms with Crippen molar-refractivity contribution in [3.63, 3.8) is 0 Å². The lowest BCUT2D eigenvalue weighted by Crippen LogP contribution is -2.38. The fourth-order valence-corrected chi connectivity index (χ4v) is 3.63. The van der Waals surface area contributed by atoms with Crippen molar-refractivity contribution < 1.29 is 0 Å². The van der Waals surface area contributed by atoms with Crippen molar-refractivity contribution >= 4 is 5.71 Å². The van der Waals surface area contributed by atoms with Gasteiger partial charge in [0.15, 0.2) is 0 Å². The van der Waals surface area contributed by atoms with E-state index in [9.17, 15) is 0 Å². The van der Waals surface area contributed by atoms with Gasteiger partial charge in [0.2, 0.25) is 0 Å². The van der Waals surface area contributed by atoms with Crippen LogP contribution < -0.4 is 5.32 Å². The molecule has 0 radical (unpaired) electrons. The van der Waals surface area contributed by atoms with Crippen molar-refractivity contribution in [2.24, 2.45) is 27.7 Å². The van der Waals surface area contributed by atoms with Crippen LogP contribution >= 0.6 is 0 Å². The molecule has 0 aromatic carbocycles. The van der Waals surface area contributed by atoms with Gasteiger partial charge in [-0.25, -0.2) is 0 Å². The molecular formula is C20H29N3. The molecule has 3 heteroatoms. The zero-order chi connectivity index (χ0) is 16.8. The number of pyridine rings is 1. The topological polar surface area (TPSA) is 37.3 Å². The van der Waals surface area contributed by atoms with E-state index in [1.165, 1.54) is 11.4 Å². The molecule has 0 aliphatic carbocycles. The van der Waals surface area contributed by atoms with Crippen LogP contribution in [0.2, 0.25) is 0 Å². The van der Waals surface area contributed by atoms with Gasteiger partial charge in [-0.05, 0) is 24.0 Å². The highest BCUT2D eigenvalue weighted by Crippen LogP contribution is 2.50. The van der Waals surface area contributed by atoms with Crippen LogP contribution in [0, 0.1) is 22.7 Å². The minimum absolute atomic E-state index is 0.0254. The second kappa shape index (κ2) is 5.47. The summed E-state index contributed by atoms with van der Waals surface area (Å²) >= 11 is 0. The monoisotopic (exact) mass is 311 g/mol. The number of allylic oxidation sites excluding steroid dienone is 1. The van der Waals surface area contributed by atoms with Gasteiger partial charge in [0.1, 0.15) is 6.04 Å². The van der Waals surface area contributed by atoms with E-state index in [0.717, 1.165) is 12.2 Å². The minimum Gasteiger partial charge on any atom is -0.383 e. The Bertz CT molecular complexity index is 644. The minimum atomic E-state index is -0.0254. The predicted octanol–water partition coefficient (Wildman–Crippen LogP) is 4.39. The normalized spacial score (nSPS) is 33.3. The molecule has 0 spiro atoms. The highest BCUT2D eigenvalue weighted by atomic mass is 15.0. The van der Waals surface area contributed by atoms with E-state index in [4.69, 9.17) is 4.99 Å². The summed E-state index contributed by atoms with van der Waals surface area (Å²) in [6, 6.07) is 6.24. The predicted molar refractivity (Wildman–Crippen MR) is 96.4 cm³/mol. The van der Waals surface area contributed by atoms with Gasteiger partial charge in [-0.3, -0.25) is 9.98 Å². The van der Waals surface area contributed by atoms with Crippen LogP contribution in [0.15, 0.2) is 41.2 Å². The Hall–Kier alpha value is -1.64. The Morgan fingerprint density at radius 3 is 2.43 bits per heavy atom. The SMILES string of the molecule is CC(C)C1(C)CNC2=CC(C)(C(C)C)C(c3ccccn3)N=C21. The van der Waals surface area contributed by atoms with Gasteiger partial charge in [0.25, 0.3) is 0 Å². The van der Waals surface area contributed by atoms with Gasteiger partial charge in [-0.1, -0.05) is 53.7 Å². The Kier molecular flexibility index (Phi) is 3.86. The average Bonchev–Trinajstić information content (AvgIpc) is 2.85. The number of rotatable bonds is 3. The number of dihydropyridines is 1. The molecule has 0 amide bonds. The summed E-state index contributed by atoms with van der Waals surface area (Å²) in [5, 5.41) is 3.62. The summed E-state index contributed by atoms with van der Waals surface area (Å²) in [5.41, 5.74) is 3.62. The number of fused-ring (bicyclic) bond motifs is 1. The standard InChI is InChI=1S/C20H29N3/c1-13(2)19(5)11-16-18(20(6,12-22-16)14(3)4)23-17(19)15-9-7-8-10-21-15/h7-11,13-14,17,22H,12H2,1-6H3. The first kappa shape index (κ1) is 16.2. The molecule has 124 valence electrons. The zero-order valence-electron chi connectivity index (χ0n) is 15.2. The Morgan fingerprint density at radius 2 is 1.87 bits per heavy atom. The molecule has 3 atom stereocenters. The molecule has 0 bridgehead atoms. The van der Waals surface area contributed by atoms with Crippen molar-refractivity contribution in [3.05, 3.63) is 41.9 Å². The average molecular weight is 311 g/mol. The van der Waals surface area contributed by atoms with E-state index in [2.05, 4.69) is 70.1 Å². The van der Waals surface area contributed by atoms with Gasteiger partial charge in [0, 0.05) is 23.6 Å². The van der Waals surface area contributed by atoms with Crippen molar-refractivity contribution in [2.45, 2.75) is 47.6 Å². The van der Waals surface area contributed by atoms with Crippen LogP contribution in [0.5, 0.6) is 0 Å². The van der Waals surface area contributed by atoms with Crippen LogP contribution in [0.3, 0.4) is 0 Å². The maximum absolute atomic E-state index is 5.29. The maximum Gasteiger partial charge on any atom is 0.101 e. The number of aromatic nitrogens is 1. The molecule has 0 saturated carbocycles. The van der Waals surface area contributed by atoms with Crippen molar-refractivity contribution in [1.29, 1.82) is 0 Å². The second-order valence-corrected chi connectivity index (χ2v) is 8.14. The van der Waals surface area contributed by atoms with Gasteiger partial charge >= 0.3 is 0 Å². The first-order chi connectivity index (χ1) is 10.8. The van der Waals surface area contributed by atoms with Gasteiger partial charge in [-0.15, -0.1) is 0 Å². The third-order valence-corrected chi connectivity index (χ3v) is 6.23. The van der Waals surface area contributed by atoms with Crippen LogP contribution in [-0.4, -0.2) is 17.2 Å². The Morgan fingerprint density at radius 1 is 1.13 bits per heavy atom. The smallest absolute Gasteiger partial charge is 0.101 e. The molecule has 23 heavy (non-hydrogen) atoms. The van der Waals surface area contributed by atoms with Crippen molar-refractivity contribution in [2.75, 3.05) is 6.54 Å². The molecule has 3 rings (SSSR count). The summed E-state index contributed by atoms with van der Waals surface area (Å²) in [7, 11) is 0. The first-order valence-electron chi connectivity index (χ1n) is 8.75. The molecule has 1 aromatic rings. The molecule has 2 aliphatic rings. The van der Waals surface area contributed by atoms with Gasteiger partial charge in [-0.2, -0.15) is 0 Å². The second-order valence-electron chi connectivity index (χ2n) is 8.14. The summed E-state index contributed by atoms with van der Waals surface area (Å²) in [6.45, 7) is 14.8. The fourth-order valence-electron chi connectivity index (χ4n) is 3.63. The zero-order valence-corrected chi connectivity index (χ0v) is 15.2. The van der Waals surface area contributed by atoms with E-state index in [1.54, 1.807) is 0 Å². The highest BCUT2D eigenvalue weighted by molar-refractivity contribution is 6.07. The summed E-state index contributed by atoms with van der Waals surface area (Å²) in [4.78, 5) is 9.92. The highest BCUT2D eigenvalue weighted by Gasteiger charge is 2.48. The van der Waals surface area contributed by atoms with E-state index in [1.807, 2.05) is 12.3 Å². The van der Waals surface area contributed by atoms with E-state index in [0.29, 0.717) is 11.8 Å². The maximum atomic E-state index is 5.29. The fraction of sp³-hybridized carbons (Fsp3) is 0.600. The Balaban J connectivity index is 2.14. The number of aliphatic imine (C=N–C) groups is 1. The molecule has 3 heterocycles. The summed E-state index contributed by atoms with van der Waals surface area (Å²) in [5.74, 6) is 1.03. The van der Waals surface area contributed by atoms with E-state index < -0.39 is 0 Å². The molecule has 1 saturated heterocycles. The lowest BCUT2D eigenvalue weighted by Gasteiger charge is -2.41. The third kappa shape index (κ3) is 2.41. The summed E-state index contributed by atoms with van der Waals surface area (Å²) in [6.07, 6.45) is 4.30. The van der Waals surface area contributed by atoms with Gasteiger partial charge < -0.3 is 5.32 Å². The van der Waals surface area contributed by atoms with Crippen LogP contribution in [0.4, 0.5) is 0 Å². The van der Waals surface area contributed by atoms with Crippen LogP contribution in [0.1, 0.15) is 53.3 Å². The quantitative estimate of drug-likeness (QED) is 0.899. The largest absolute Gasteiger partial charge is 0.383 e. The van der Waals surface area contributed by atoms with E-state index >= 15 is 0 Å². The number of nitrogens with zero attached hydrogens (tertiary/aromatic N) is 2. The third-order valence-electron chi connectivity index (χ3n) is 6.23. The molecule has 2 aliphatic heterocycles. The number of hydrogen-bond donors (Lipinski definition) is 1. The molecule has 1 aromatic heterocycles.